The number of fused-ring (bicyclic) bond motifs is 1. The van der Waals surface area contributed by atoms with E-state index in [4.69, 9.17) is 4.74 Å². The zero-order valence-corrected chi connectivity index (χ0v) is 18.5. The normalized spacial score (nSPS) is 20.0. The summed E-state index contributed by atoms with van der Waals surface area (Å²) >= 11 is 1.35. The standard InChI is InChI=1S/C23H24F3N3O3S/c24-23(25,26)16-7-5-15(6-8-16)18(29-9-11-32-12-10-29)14-27-21(30)13-20-22(31)28-17-3-1-2-4-19(17)33-20/h1-8,18,20H,9-14H2,(H,27,30)(H,28,31). The number of morpholine rings is 1. The lowest BCUT2D eigenvalue weighted by atomic mass is 10.0. The molecule has 176 valence electrons. The van der Waals surface area contributed by atoms with Crippen molar-refractivity contribution in [3.63, 3.8) is 0 Å². The molecule has 2 aromatic carbocycles. The molecule has 0 bridgehead atoms. The number of anilines is 1. The third kappa shape index (κ3) is 5.87. The first-order valence-electron chi connectivity index (χ1n) is 10.6. The van der Waals surface area contributed by atoms with Crippen molar-refractivity contribution in [1.82, 2.24) is 10.2 Å². The molecule has 2 atom stereocenters. The highest BCUT2D eigenvalue weighted by Gasteiger charge is 2.32. The third-order valence-electron chi connectivity index (χ3n) is 5.68. The number of rotatable bonds is 6. The Morgan fingerprint density at radius 3 is 2.55 bits per heavy atom. The first-order valence-corrected chi connectivity index (χ1v) is 11.5. The lowest BCUT2D eigenvalue weighted by Crippen LogP contribution is -2.44. The molecule has 10 heteroatoms. The van der Waals surface area contributed by atoms with Crippen molar-refractivity contribution in [2.45, 2.75) is 28.8 Å². The summed E-state index contributed by atoms with van der Waals surface area (Å²) in [5.74, 6) is -0.506. The van der Waals surface area contributed by atoms with Gasteiger partial charge in [0.15, 0.2) is 0 Å². The van der Waals surface area contributed by atoms with Crippen LogP contribution in [0.1, 0.15) is 23.6 Å². The third-order valence-corrected chi connectivity index (χ3v) is 6.95. The van der Waals surface area contributed by atoms with Gasteiger partial charge in [-0.25, -0.2) is 0 Å². The predicted molar refractivity (Wildman–Crippen MR) is 119 cm³/mol. The molecule has 2 unspecified atom stereocenters. The highest BCUT2D eigenvalue weighted by Crippen LogP contribution is 2.36. The van der Waals surface area contributed by atoms with Crippen LogP contribution in [-0.4, -0.2) is 54.8 Å². The molecular formula is C23H24F3N3O3S. The Morgan fingerprint density at radius 2 is 1.85 bits per heavy atom. The zero-order chi connectivity index (χ0) is 23.4. The number of thioether (sulfide) groups is 1. The second-order valence-corrected chi connectivity index (χ2v) is 9.13. The molecular weight excluding hydrogens is 455 g/mol. The van der Waals surface area contributed by atoms with Crippen LogP contribution in [0.15, 0.2) is 53.4 Å². The van der Waals surface area contributed by atoms with Crippen LogP contribution < -0.4 is 10.6 Å². The summed E-state index contributed by atoms with van der Waals surface area (Å²) in [6.07, 6.45) is -4.40. The van der Waals surface area contributed by atoms with Crippen LogP contribution in [0.4, 0.5) is 18.9 Å². The number of hydrogen-bond donors (Lipinski definition) is 2. The van der Waals surface area contributed by atoms with Crippen molar-refractivity contribution in [3.05, 3.63) is 59.7 Å². The summed E-state index contributed by atoms with van der Waals surface area (Å²) in [7, 11) is 0. The second kappa shape index (κ2) is 10.1. The molecule has 0 radical (unpaired) electrons. The van der Waals surface area contributed by atoms with Crippen molar-refractivity contribution in [2.75, 3.05) is 38.2 Å². The fourth-order valence-electron chi connectivity index (χ4n) is 3.92. The number of amides is 2. The molecule has 33 heavy (non-hydrogen) atoms. The van der Waals surface area contributed by atoms with E-state index in [1.807, 2.05) is 24.3 Å². The molecule has 2 aliphatic heterocycles. The number of carbonyl (C=O) groups excluding carboxylic acids is 2. The Morgan fingerprint density at radius 1 is 1.15 bits per heavy atom. The van der Waals surface area contributed by atoms with Gasteiger partial charge < -0.3 is 15.4 Å². The molecule has 2 heterocycles. The molecule has 0 saturated carbocycles. The number of hydrogen-bond acceptors (Lipinski definition) is 5. The maximum absolute atomic E-state index is 13.0. The van der Waals surface area contributed by atoms with Gasteiger partial charge >= 0.3 is 6.18 Å². The van der Waals surface area contributed by atoms with Crippen molar-refractivity contribution < 1.29 is 27.5 Å². The van der Waals surface area contributed by atoms with E-state index in [0.29, 0.717) is 31.9 Å². The average Bonchev–Trinajstić information content (AvgIpc) is 2.80. The van der Waals surface area contributed by atoms with Crippen molar-refractivity contribution >= 4 is 29.3 Å². The minimum Gasteiger partial charge on any atom is -0.379 e. The lowest BCUT2D eigenvalue weighted by Gasteiger charge is -2.35. The molecule has 2 aromatic rings. The SMILES string of the molecule is O=C(CC1Sc2ccccc2NC1=O)NCC(c1ccc(C(F)(F)F)cc1)N1CCOCC1. The highest BCUT2D eigenvalue weighted by molar-refractivity contribution is 8.01. The van der Waals surface area contributed by atoms with E-state index in [0.717, 1.165) is 22.7 Å². The molecule has 0 spiro atoms. The smallest absolute Gasteiger partial charge is 0.379 e. The predicted octanol–water partition coefficient (Wildman–Crippen LogP) is 3.70. The van der Waals surface area contributed by atoms with Crippen molar-refractivity contribution in [1.29, 1.82) is 0 Å². The fourth-order valence-corrected chi connectivity index (χ4v) is 5.03. The maximum atomic E-state index is 13.0. The molecule has 2 amide bonds. The number of nitrogens with one attached hydrogen (secondary N) is 2. The lowest BCUT2D eigenvalue weighted by molar-refractivity contribution is -0.137. The van der Waals surface area contributed by atoms with Gasteiger partial charge in [-0.2, -0.15) is 13.2 Å². The van der Waals surface area contributed by atoms with Crippen LogP contribution in [0.2, 0.25) is 0 Å². The van der Waals surface area contributed by atoms with Gasteiger partial charge in [0.25, 0.3) is 0 Å². The Hall–Kier alpha value is -2.56. The number of benzene rings is 2. The van der Waals surface area contributed by atoms with E-state index >= 15 is 0 Å². The van der Waals surface area contributed by atoms with Gasteiger partial charge in [-0.05, 0) is 29.8 Å². The minimum atomic E-state index is -4.40. The number of ether oxygens (including phenoxy) is 1. The molecule has 2 aliphatic rings. The van der Waals surface area contributed by atoms with E-state index in [1.54, 1.807) is 0 Å². The van der Waals surface area contributed by atoms with Gasteiger partial charge in [0.05, 0.1) is 35.8 Å². The van der Waals surface area contributed by atoms with Gasteiger partial charge in [0.1, 0.15) is 0 Å². The van der Waals surface area contributed by atoms with Gasteiger partial charge in [0, 0.05) is 31.0 Å². The fraction of sp³-hybridized carbons (Fsp3) is 0.391. The molecule has 0 aliphatic carbocycles. The quantitative estimate of drug-likeness (QED) is 0.661. The van der Waals surface area contributed by atoms with E-state index in [2.05, 4.69) is 15.5 Å². The summed E-state index contributed by atoms with van der Waals surface area (Å²) in [4.78, 5) is 28.1. The van der Waals surface area contributed by atoms with Crippen LogP contribution in [0.3, 0.4) is 0 Å². The van der Waals surface area contributed by atoms with Crippen LogP contribution in [-0.2, 0) is 20.5 Å². The van der Waals surface area contributed by atoms with Crippen molar-refractivity contribution in [2.24, 2.45) is 0 Å². The number of para-hydroxylation sites is 1. The van der Waals surface area contributed by atoms with Crippen LogP contribution >= 0.6 is 11.8 Å². The molecule has 1 saturated heterocycles. The topological polar surface area (TPSA) is 70.7 Å². The van der Waals surface area contributed by atoms with E-state index in [9.17, 15) is 22.8 Å². The Labute approximate surface area is 193 Å². The maximum Gasteiger partial charge on any atom is 0.416 e. The van der Waals surface area contributed by atoms with Crippen molar-refractivity contribution in [3.8, 4) is 0 Å². The van der Waals surface area contributed by atoms with E-state index in [-0.39, 0.29) is 30.8 Å². The van der Waals surface area contributed by atoms with Crippen LogP contribution in [0, 0.1) is 0 Å². The monoisotopic (exact) mass is 479 g/mol. The van der Waals surface area contributed by atoms with E-state index < -0.39 is 17.0 Å². The summed E-state index contributed by atoms with van der Waals surface area (Å²) < 4.78 is 44.3. The average molecular weight is 480 g/mol. The summed E-state index contributed by atoms with van der Waals surface area (Å²) in [6.45, 7) is 2.48. The first kappa shape index (κ1) is 23.6. The molecule has 4 rings (SSSR count). The van der Waals surface area contributed by atoms with Crippen LogP contribution in [0.25, 0.3) is 0 Å². The number of halogens is 3. The molecule has 2 N–H and O–H groups in total. The Kier molecular flexibility index (Phi) is 7.26. The number of alkyl halides is 3. The van der Waals surface area contributed by atoms with E-state index in [1.165, 1.54) is 23.9 Å². The first-order chi connectivity index (χ1) is 15.8. The number of carbonyl (C=O) groups is 2. The van der Waals surface area contributed by atoms with Gasteiger partial charge in [-0.1, -0.05) is 24.3 Å². The summed E-state index contributed by atoms with van der Waals surface area (Å²) in [5.41, 5.74) is 0.708. The van der Waals surface area contributed by atoms with Gasteiger partial charge in [-0.15, -0.1) is 11.8 Å². The summed E-state index contributed by atoms with van der Waals surface area (Å²) in [6, 6.07) is 12.1. The van der Waals surface area contributed by atoms with Gasteiger partial charge in [-0.3, -0.25) is 14.5 Å². The molecule has 1 fully saturated rings. The molecule has 0 aromatic heterocycles. The second-order valence-electron chi connectivity index (χ2n) is 7.88. The zero-order valence-electron chi connectivity index (χ0n) is 17.7. The largest absolute Gasteiger partial charge is 0.416 e. The minimum absolute atomic E-state index is 0.00762. The van der Waals surface area contributed by atoms with Crippen LogP contribution in [0.5, 0.6) is 0 Å². The van der Waals surface area contributed by atoms with Gasteiger partial charge in [0.2, 0.25) is 11.8 Å². The Bertz CT molecular complexity index is 994. The summed E-state index contributed by atoms with van der Waals surface area (Å²) in [5, 5.41) is 5.15. The Balaban J connectivity index is 1.41. The molecule has 6 nitrogen and oxygen atoms in total. The highest BCUT2D eigenvalue weighted by atomic mass is 32.2. The number of nitrogens with zero attached hydrogens (tertiary/aromatic N) is 1.